The number of phosphoric acid groups is 1. The van der Waals surface area contributed by atoms with Crippen molar-refractivity contribution in [3.8, 4) is 0 Å². The van der Waals surface area contributed by atoms with E-state index in [2.05, 4.69) is 16.8 Å². The molecule has 0 spiro atoms. The number of phosphoric ester groups is 1. The van der Waals surface area contributed by atoms with Crippen LogP contribution >= 0.6 is 7.82 Å². The molecule has 0 aromatic heterocycles. The summed E-state index contributed by atoms with van der Waals surface area (Å²) in [6, 6.07) is -0.792. The van der Waals surface area contributed by atoms with Crippen molar-refractivity contribution in [1.82, 2.24) is 5.32 Å². The van der Waals surface area contributed by atoms with Crippen LogP contribution in [0.5, 0.6) is 0 Å². The van der Waals surface area contributed by atoms with Gasteiger partial charge in [0.25, 0.3) is 0 Å². The van der Waals surface area contributed by atoms with Crippen molar-refractivity contribution in [3.05, 3.63) is 0 Å². The summed E-state index contributed by atoms with van der Waals surface area (Å²) in [5.41, 5.74) is 0. The minimum absolute atomic E-state index is 0.178. The molecule has 3 N–H and O–H groups in total. The van der Waals surface area contributed by atoms with Crippen LogP contribution in [-0.2, 0) is 23.4 Å². The van der Waals surface area contributed by atoms with E-state index in [1.54, 1.807) is 0 Å². The molecule has 0 aliphatic heterocycles. The summed E-state index contributed by atoms with van der Waals surface area (Å²) in [5.74, 6) is -0.661. The molecule has 1 atom stereocenters. The maximum Gasteiger partial charge on any atom is 0.469 e. The Hall–Kier alpha value is -0.950. The quantitative estimate of drug-likeness (QED) is 0.174. The molecule has 1 amide bonds. The van der Waals surface area contributed by atoms with E-state index < -0.39 is 26.4 Å². The van der Waals surface area contributed by atoms with Crippen LogP contribution in [0.3, 0.4) is 0 Å². The summed E-state index contributed by atoms with van der Waals surface area (Å²) in [7, 11) is -4.66. The molecule has 28 heavy (non-hydrogen) atoms. The number of ether oxygens (including phenoxy) is 1. The molecule has 8 nitrogen and oxygen atoms in total. The zero-order valence-corrected chi connectivity index (χ0v) is 18.3. The average Bonchev–Trinajstić information content (AvgIpc) is 2.62. The number of esters is 1. The number of unbranched alkanes of at least 4 members (excludes halogenated alkanes) is 8. The predicted molar refractivity (Wildman–Crippen MR) is 108 cm³/mol. The van der Waals surface area contributed by atoms with Crippen LogP contribution in [0.4, 0.5) is 0 Å². The van der Waals surface area contributed by atoms with Gasteiger partial charge in [0.05, 0.1) is 12.6 Å². The molecule has 0 aromatic rings. The number of carbonyl (C=O) groups is 2. The molecule has 9 heteroatoms. The van der Waals surface area contributed by atoms with Gasteiger partial charge in [0, 0.05) is 12.8 Å². The maximum atomic E-state index is 12.1. The SMILES string of the molecule is CCCCCCCCCCCC(=O)N[C@@H](COC(=O)CCC)COP(=O)(O)O. The van der Waals surface area contributed by atoms with E-state index in [1.807, 2.05) is 6.92 Å². The molecule has 0 radical (unpaired) electrons. The summed E-state index contributed by atoms with van der Waals surface area (Å²) in [5, 5.41) is 2.63. The van der Waals surface area contributed by atoms with Gasteiger partial charge in [0.2, 0.25) is 5.91 Å². The topological polar surface area (TPSA) is 122 Å². The molecule has 0 bridgehead atoms. The third-order valence-electron chi connectivity index (χ3n) is 4.22. The molecule has 0 fully saturated rings. The third kappa shape index (κ3) is 18.4. The molecule has 0 heterocycles. The van der Waals surface area contributed by atoms with Gasteiger partial charge < -0.3 is 19.8 Å². The Kier molecular flexibility index (Phi) is 16.4. The van der Waals surface area contributed by atoms with E-state index in [-0.39, 0.29) is 18.9 Å². The lowest BCUT2D eigenvalue weighted by Crippen LogP contribution is -2.41. The first kappa shape index (κ1) is 27.0. The fraction of sp³-hybridized carbons (Fsp3) is 0.895. The number of hydrogen-bond acceptors (Lipinski definition) is 5. The minimum Gasteiger partial charge on any atom is -0.463 e. The lowest BCUT2D eigenvalue weighted by molar-refractivity contribution is -0.145. The summed E-state index contributed by atoms with van der Waals surface area (Å²) in [6.07, 6.45) is 11.5. The Bertz CT molecular complexity index is 467. The molecule has 0 saturated heterocycles. The van der Waals surface area contributed by atoms with Gasteiger partial charge in [-0.1, -0.05) is 65.2 Å². The van der Waals surface area contributed by atoms with Crippen LogP contribution in [0, 0.1) is 0 Å². The lowest BCUT2D eigenvalue weighted by atomic mass is 10.1. The highest BCUT2D eigenvalue weighted by atomic mass is 31.2. The highest BCUT2D eigenvalue weighted by molar-refractivity contribution is 7.46. The number of amides is 1. The second-order valence-corrected chi connectivity index (χ2v) is 8.30. The maximum absolute atomic E-state index is 12.1. The Morgan fingerprint density at radius 1 is 0.857 bits per heavy atom. The van der Waals surface area contributed by atoms with Crippen LogP contribution < -0.4 is 5.32 Å². The molecule has 0 aromatic carbocycles. The van der Waals surface area contributed by atoms with Crippen molar-refractivity contribution in [1.29, 1.82) is 0 Å². The van der Waals surface area contributed by atoms with Gasteiger partial charge in [-0.3, -0.25) is 14.1 Å². The fourth-order valence-electron chi connectivity index (χ4n) is 2.68. The highest BCUT2D eigenvalue weighted by Gasteiger charge is 2.21. The Morgan fingerprint density at radius 3 is 1.96 bits per heavy atom. The van der Waals surface area contributed by atoms with Crippen LogP contribution in [-0.4, -0.2) is 40.9 Å². The standard InChI is InChI=1S/C19H38NO7P/c1-3-5-6-7-8-9-10-11-12-14-18(21)20-17(16-27-28(23,24)25)15-26-19(22)13-4-2/h17H,3-16H2,1-2H3,(H,20,21)(H2,23,24,25)/t17-/m0/s1. The number of carbonyl (C=O) groups excluding carboxylic acids is 2. The van der Waals surface area contributed by atoms with Gasteiger partial charge in [-0.15, -0.1) is 0 Å². The van der Waals surface area contributed by atoms with E-state index >= 15 is 0 Å². The van der Waals surface area contributed by atoms with Crippen molar-refractivity contribution >= 4 is 19.7 Å². The molecule has 166 valence electrons. The van der Waals surface area contributed by atoms with Gasteiger partial charge in [0.1, 0.15) is 6.61 Å². The summed E-state index contributed by atoms with van der Waals surface area (Å²) < 4.78 is 20.3. The second kappa shape index (κ2) is 17.0. The number of hydrogen-bond donors (Lipinski definition) is 3. The monoisotopic (exact) mass is 423 g/mol. The first-order valence-corrected chi connectivity index (χ1v) is 12.0. The van der Waals surface area contributed by atoms with E-state index in [4.69, 9.17) is 14.5 Å². The van der Waals surface area contributed by atoms with E-state index in [0.29, 0.717) is 12.8 Å². The van der Waals surface area contributed by atoms with Gasteiger partial charge in [-0.2, -0.15) is 0 Å². The largest absolute Gasteiger partial charge is 0.469 e. The van der Waals surface area contributed by atoms with Crippen molar-refractivity contribution in [3.63, 3.8) is 0 Å². The molecular weight excluding hydrogens is 385 g/mol. The normalized spacial score (nSPS) is 12.6. The second-order valence-electron chi connectivity index (χ2n) is 7.06. The smallest absolute Gasteiger partial charge is 0.463 e. The Morgan fingerprint density at radius 2 is 1.43 bits per heavy atom. The number of nitrogens with one attached hydrogen (secondary N) is 1. The van der Waals surface area contributed by atoms with Crippen LogP contribution in [0.1, 0.15) is 90.9 Å². The molecule has 0 rings (SSSR count). The van der Waals surface area contributed by atoms with E-state index in [1.165, 1.54) is 38.5 Å². The molecule has 0 aliphatic carbocycles. The molecule has 0 saturated carbocycles. The average molecular weight is 423 g/mol. The zero-order chi connectivity index (χ0) is 21.3. The predicted octanol–water partition coefficient (Wildman–Crippen LogP) is 3.84. The van der Waals surface area contributed by atoms with Crippen molar-refractivity contribution in [2.75, 3.05) is 13.2 Å². The fourth-order valence-corrected chi connectivity index (χ4v) is 3.06. The lowest BCUT2D eigenvalue weighted by Gasteiger charge is -2.19. The summed E-state index contributed by atoms with van der Waals surface area (Å²) in [4.78, 5) is 41.2. The van der Waals surface area contributed by atoms with Gasteiger partial charge in [-0.25, -0.2) is 4.57 Å². The van der Waals surface area contributed by atoms with Crippen molar-refractivity contribution < 1.29 is 33.2 Å². The van der Waals surface area contributed by atoms with Crippen molar-refractivity contribution in [2.45, 2.75) is 96.9 Å². The van der Waals surface area contributed by atoms with Gasteiger partial charge in [-0.05, 0) is 12.8 Å². The minimum atomic E-state index is -4.66. The molecular formula is C19H38NO7P. The molecule has 0 unspecified atom stereocenters. The van der Waals surface area contributed by atoms with Crippen LogP contribution in [0.15, 0.2) is 0 Å². The summed E-state index contributed by atoms with van der Waals surface area (Å²) in [6.45, 7) is 3.43. The third-order valence-corrected chi connectivity index (χ3v) is 4.70. The van der Waals surface area contributed by atoms with Crippen LogP contribution in [0.2, 0.25) is 0 Å². The van der Waals surface area contributed by atoms with Crippen molar-refractivity contribution in [2.24, 2.45) is 0 Å². The first-order chi connectivity index (χ1) is 13.3. The Labute approximate surface area is 169 Å². The highest BCUT2D eigenvalue weighted by Crippen LogP contribution is 2.35. The Balaban J connectivity index is 4.07. The number of rotatable bonds is 18. The van der Waals surface area contributed by atoms with E-state index in [0.717, 1.165) is 19.3 Å². The zero-order valence-electron chi connectivity index (χ0n) is 17.4. The molecule has 0 aliphatic rings. The van der Waals surface area contributed by atoms with Gasteiger partial charge >= 0.3 is 13.8 Å². The first-order valence-electron chi connectivity index (χ1n) is 10.4. The van der Waals surface area contributed by atoms with E-state index in [9.17, 15) is 14.2 Å². The summed E-state index contributed by atoms with van der Waals surface area (Å²) >= 11 is 0. The van der Waals surface area contributed by atoms with Gasteiger partial charge in [0.15, 0.2) is 0 Å². The van der Waals surface area contributed by atoms with Crippen LogP contribution in [0.25, 0.3) is 0 Å².